The van der Waals surface area contributed by atoms with Crippen LogP contribution in [0.15, 0.2) is 0 Å². The van der Waals surface area contributed by atoms with Gasteiger partial charge in [0.15, 0.2) is 0 Å². The molecule has 60 valence electrons. The lowest BCUT2D eigenvalue weighted by molar-refractivity contribution is -0.198. The highest BCUT2D eigenvalue weighted by molar-refractivity contribution is 4.75. The first-order chi connectivity index (χ1) is 4.51. The normalized spacial score (nSPS) is 28.8. The summed E-state index contributed by atoms with van der Waals surface area (Å²) < 4.78 is 0. The molecule has 1 unspecified atom stereocenters. The summed E-state index contributed by atoms with van der Waals surface area (Å²) in [4.78, 5) is 5.52. The van der Waals surface area contributed by atoms with Crippen molar-refractivity contribution in [2.24, 2.45) is 5.73 Å². The van der Waals surface area contributed by atoms with Gasteiger partial charge in [0.25, 0.3) is 0 Å². The molecule has 0 amide bonds. The van der Waals surface area contributed by atoms with Crippen LogP contribution in [-0.2, 0) is 4.84 Å². The van der Waals surface area contributed by atoms with Crippen molar-refractivity contribution in [3.63, 3.8) is 0 Å². The maximum atomic E-state index is 5.62. The van der Waals surface area contributed by atoms with Gasteiger partial charge in [-0.3, -0.25) is 4.84 Å². The molecule has 1 aliphatic rings. The van der Waals surface area contributed by atoms with E-state index in [4.69, 9.17) is 10.6 Å². The van der Waals surface area contributed by atoms with Gasteiger partial charge in [0.1, 0.15) is 0 Å². The highest BCUT2D eigenvalue weighted by Gasteiger charge is 2.31. The Balaban J connectivity index is 2.43. The molecule has 1 atom stereocenters. The van der Waals surface area contributed by atoms with E-state index in [-0.39, 0.29) is 11.8 Å². The van der Waals surface area contributed by atoms with E-state index in [1.807, 2.05) is 12.0 Å². The summed E-state index contributed by atoms with van der Waals surface area (Å²) in [5.41, 5.74) is 5.61. The van der Waals surface area contributed by atoms with Crippen molar-refractivity contribution in [1.29, 1.82) is 0 Å². The molecule has 0 radical (unpaired) electrons. The number of nitrogens with zero attached hydrogens (tertiary/aromatic N) is 1. The molecule has 0 aliphatic carbocycles. The predicted molar refractivity (Wildman–Crippen MR) is 40.1 cm³/mol. The van der Waals surface area contributed by atoms with E-state index in [1.165, 1.54) is 0 Å². The van der Waals surface area contributed by atoms with E-state index >= 15 is 0 Å². The third-order valence-electron chi connectivity index (χ3n) is 1.75. The molecule has 1 aliphatic heterocycles. The van der Waals surface area contributed by atoms with Gasteiger partial charge in [-0.2, -0.15) is 5.06 Å². The highest BCUT2D eigenvalue weighted by Crippen LogP contribution is 2.24. The number of hydrogen-bond acceptors (Lipinski definition) is 3. The minimum Gasteiger partial charge on any atom is -0.314 e. The molecule has 0 aromatic rings. The topological polar surface area (TPSA) is 38.5 Å². The summed E-state index contributed by atoms with van der Waals surface area (Å²) in [5.74, 6) is 0. The van der Waals surface area contributed by atoms with Crippen LogP contribution in [0.2, 0.25) is 0 Å². The molecule has 3 nitrogen and oxygen atoms in total. The van der Waals surface area contributed by atoms with Gasteiger partial charge < -0.3 is 5.73 Å². The van der Waals surface area contributed by atoms with Crippen molar-refractivity contribution in [2.45, 2.75) is 39.0 Å². The fourth-order valence-electron chi connectivity index (χ4n) is 1.07. The average molecular weight is 144 g/mol. The van der Waals surface area contributed by atoms with E-state index in [9.17, 15) is 0 Å². The number of rotatable bonds is 1. The molecule has 10 heavy (non-hydrogen) atoms. The summed E-state index contributed by atoms with van der Waals surface area (Å²) in [6.07, 6.45) is 1.08. The summed E-state index contributed by atoms with van der Waals surface area (Å²) in [6, 6.07) is 0. The van der Waals surface area contributed by atoms with Crippen LogP contribution in [0.25, 0.3) is 0 Å². The van der Waals surface area contributed by atoms with E-state index < -0.39 is 0 Å². The van der Waals surface area contributed by atoms with Crippen molar-refractivity contribution < 1.29 is 4.84 Å². The zero-order valence-corrected chi connectivity index (χ0v) is 6.92. The van der Waals surface area contributed by atoms with Gasteiger partial charge >= 0.3 is 0 Å². The minimum atomic E-state index is -0.00632. The Labute approximate surface area is 62.1 Å². The van der Waals surface area contributed by atoms with Gasteiger partial charge in [-0.1, -0.05) is 0 Å². The van der Waals surface area contributed by atoms with Crippen LogP contribution < -0.4 is 5.73 Å². The maximum absolute atomic E-state index is 5.62. The molecule has 1 fully saturated rings. The third kappa shape index (κ3) is 1.68. The lowest BCUT2D eigenvalue weighted by Gasteiger charge is -2.22. The fourth-order valence-corrected chi connectivity index (χ4v) is 1.07. The lowest BCUT2D eigenvalue weighted by atomic mass is 10.1. The molecule has 0 bridgehead atoms. The SMILES string of the molecule is CC(N)N1CCC(C)(C)O1. The molecule has 0 aromatic heterocycles. The quantitative estimate of drug-likeness (QED) is 0.589. The Kier molecular flexibility index (Phi) is 1.99. The van der Waals surface area contributed by atoms with Crippen molar-refractivity contribution >= 4 is 0 Å². The van der Waals surface area contributed by atoms with Gasteiger partial charge in [0.2, 0.25) is 0 Å². The number of hydroxylamine groups is 2. The Hall–Kier alpha value is -0.120. The predicted octanol–water partition coefficient (Wildman–Crippen LogP) is 0.707. The van der Waals surface area contributed by atoms with Gasteiger partial charge in [-0.15, -0.1) is 0 Å². The fraction of sp³-hybridized carbons (Fsp3) is 1.00. The van der Waals surface area contributed by atoms with Crippen molar-refractivity contribution in [2.75, 3.05) is 6.54 Å². The molecule has 0 saturated carbocycles. The van der Waals surface area contributed by atoms with E-state index in [0.717, 1.165) is 13.0 Å². The second kappa shape index (κ2) is 2.49. The van der Waals surface area contributed by atoms with Crippen LogP contribution >= 0.6 is 0 Å². The van der Waals surface area contributed by atoms with Crippen LogP contribution in [0.4, 0.5) is 0 Å². The molecule has 2 N–H and O–H groups in total. The first-order valence-corrected chi connectivity index (χ1v) is 3.73. The second-order valence-corrected chi connectivity index (χ2v) is 3.48. The van der Waals surface area contributed by atoms with Crippen LogP contribution in [0, 0.1) is 0 Å². The monoisotopic (exact) mass is 144 g/mol. The van der Waals surface area contributed by atoms with Crippen molar-refractivity contribution in [3.8, 4) is 0 Å². The Morgan fingerprint density at radius 2 is 2.20 bits per heavy atom. The number of hydrogen-bond donors (Lipinski definition) is 1. The molecular formula is C7H16N2O. The van der Waals surface area contributed by atoms with Crippen LogP contribution in [0.5, 0.6) is 0 Å². The Morgan fingerprint density at radius 3 is 2.40 bits per heavy atom. The summed E-state index contributed by atoms with van der Waals surface area (Å²) in [6.45, 7) is 7.04. The first-order valence-electron chi connectivity index (χ1n) is 3.73. The van der Waals surface area contributed by atoms with E-state index in [1.54, 1.807) is 0 Å². The van der Waals surface area contributed by atoms with Gasteiger partial charge in [0.05, 0.1) is 11.8 Å². The number of nitrogens with two attached hydrogens (primary N) is 1. The highest BCUT2D eigenvalue weighted by atomic mass is 16.7. The van der Waals surface area contributed by atoms with Gasteiger partial charge in [0, 0.05) is 6.54 Å². The summed E-state index contributed by atoms with van der Waals surface area (Å²) in [7, 11) is 0. The van der Waals surface area contributed by atoms with Crippen LogP contribution in [-0.4, -0.2) is 23.4 Å². The molecule has 1 heterocycles. The van der Waals surface area contributed by atoms with Crippen molar-refractivity contribution in [1.82, 2.24) is 5.06 Å². The largest absolute Gasteiger partial charge is 0.314 e. The summed E-state index contributed by atoms with van der Waals surface area (Å²) >= 11 is 0. The van der Waals surface area contributed by atoms with Gasteiger partial charge in [-0.05, 0) is 27.2 Å². The molecule has 1 saturated heterocycles. The standard InChI is InChI=1S/C7H16N2O/c1-6(8)9-5-4-7(2,3)10-9/h6H,4-5,8H2,1-3H3. The van der Waals surface area contributed by atoms with Crippen LogP contribution in [0.1, 0.15) is 27.2 Å². The molecular weight excluding hydrogens is 128 g/mol. The first kappa shape index (κ1) is 7.98. The minimum absolute atomic E-state index is 0.00632. The molecule has 0 aromatic carbocycles. The molecule has 0 spiro atoms. The van der Waals surface area contributed by atoms with Gasteiger partial charge in [-0.25, -0.2) is 0 Å². The van der Waals surface area contributed by atoms with Crippen molar-refractivity contribution in [3.05, 3.63) is 0 Å². The Bertz CT molecular complexity index is 123. The lowest BCUT2D eigenvalue weighted by Crippen LogP contribution is -2.37. The Morgan fingerprint density at radius 1 is 1.60 bits per heavy atom. The van der Waals surface area contributed by atoms with E-state index in [0.29, 0.717) is 0 Å². The zero-order chi connectivity index (χ0) is 7.78. The third-order valence-corrected chi connectivity index (χ3v) is 1.75. The maximum Gasteiger partial charge on any atom is 0.0857 e. The smallest absolute Gasteiger partial charge is 0.0857 e. The van der Waals surface area contributed by atoms with Crippen LogP contribution in [0.3, 0.4) is 0 Å². The molecule has 3 heteroatoms. The average Bonchev–Trinajstić information content (AvgIpc) is 2.10. The molecule has 1 rings (SSSR count). The second-order valence-electron chi connectivity index (χ2n) is 3.48. The summed E-state index contributed by atoms with van der Waals surface area (Å²) in [5, 5.41) is 1.83. The van der Waals surface area contributed by atoms with E-state index in [2.05, 4.69) is 13.8 Å². The zero-order valence-electron chi connectivity index (χ0n) is 6.92.